The number of benzene rings is 1. The highest BCUT2D eigenvalue weighted by Gasteiger charge is 2.38. The van der Waals surface area contributed by atoms with Crippen molar-refractivity contribution in [2.45, 2.75) is 6.18 Å². The molecule has 15 heavy (non-hydrogen) atoms. The Morgan fingerprint density at radius 1 is 1.40 bits per heavy atom. The van der Waals surface area contributed by atoms with Crippen molar-refractivity contribution in [3.63, 3.8) is 0 Å². The fourth-order valence-electron chi connectivity index (χ4n) is 0.848. The summed E-state index contributed by atoms with van der Waals surface area (Å²) in [6, 6.07) is 3.37. The Hall–Kier alpha value is -1.92. The molecule has 0 aliphatic carbocycles. The second-order valence-electron chi connectivity index (χ2n) is 2.73. The van der Waals surface area contributed by atoms with E-state index in [4.69, 9.17) is 10.8 Å². The van der Waals surface area contributed by atoms with E-state index in [9.17, 15) is 18.0 Å². The molecular weight excluding hydrogens is 213 g/mol. The highest BCUT2D eigenvalue weighted by atomic mass is 19.4. The first-order chi connectivity index (χ1) is 6.80. The van der Waals surface area contributed by atoms with Crippen LogP contribution in [0.3, 0.4) is 0 Å². The van der Waals surface area contributed by atoms with Gasteiger partial charge in [-0.05, 0) is 12.1 Å². The van der Waals surface area contributed by atoms with Gasteiger partial charge in [0.15, 0.2) is 0 Å². The highest BCUT2D eigenvalue weighted by Crippen LogP contribution is 2.27. The van der Waals surface area contributed by atoms with E-state index in [2.05, 4.69) is 0 Å². The number of carbonyl (C=O) groups is 1. The summed E-state index contributed by atoms with van der Waals surface area (Å²) in [6.45, 7) is 0. The Kier molecular flexibility index (Phi) is 2.74. The van der Waals surface area contributed by atoms with E-state index in [0.29, 0.717) is 0 Å². The summed E-state index contributed by atoms with van der Waals surface area (Å²) in [7, 11) is 0. The Balaban J connectivity index is 2.87. The Labute approximate surface area is 82.5 Å². The number of alkyl halides is 3. The average molecular weight is 220 g/mol. The molecule has 0 spiro atoms. The molecule has 0 bridgehead atoms. The number of aromatic hydroxyl groups is 1. The fourth-order valence-corrected chi connectivity index (χ4v) is 0.848. The van der Waals surface area contributed by atoms with Gasteiger partial charge in [-0.2, -0.15) is 13.2 Å². The van der Waals surface area contributed by atoms with E-state index in [1.807, 2.05) is 0 Å². The van der Waals surface area contributed by atoms with Gasteiger partial charge in [0, 0.05) is 11.8 Å². The lowest BCUT2D eigenvalue weighted by atomic mass is 10.2. The second kappa shape index (κ2) is 3.68. The molecule has 1 rings (SSSR count). The predicted octanol–water partition coefficient (Wildman–Crippen LogP) is 1.48. The van der Waals surface area contributed by atoms with Crippen molar-refractivity contribution < 1.29 is 23.1 Å². The minimum atomic E-state index is -4.99. The smallest absolute Gasteiger partial charge is 0.471 e. The number of amides is 1. The molecule has 0 atom stereocenters. The molecule has 1 aromatic carbocycles. The molecule has 0 saturated heterocycles. The predicted molar refractivity (Wildman–Crippen MR) is 47.2 cm³/mol. The first-order valence-corrected chi connectivity index (χ1v) is 3.77. The molecule has 0 aliphatic rings. The fraction of sp³-hybridized carbons (Fsp3) is 0.125. The van der Waals surface area contributed by atoms with Gasteiger partial charge in [0.25, 0.3) is 0 Å². The minimum absolute atomic E-state index is 0.178. The molecule has 0 unspecified atom stereocenters. The summed E-state index contributed by atoms with van der Waals surface area (Å²) < 4.78 is 35.5. The second-order valence-corrected chi connectivity index (χ2v) is 2.73. The largest absolute Gasteiger partial charge is 0.506 e. The first kappa shape index (κ1) is 11.2. The maximum absolute atomic E-state index is 11.8. The van der Waals surface area contributed by atoms with E-state index in [1.54, 1.807) is 0 Å². The van der Waals surface area contributed by atoms with Crippen molar-refractivity contribution in [2.75, 3.05) is 11.1 Å². The zero-order valence-corrected chi connectivity index (χ0v) is 7.30. The number of nitrogens with two attached hydrogens (primary N) is 1. The summed E-state index contributed by atoms with van der Waals surface area (Å²) in [4.78, 5) is 10.5. The Morgan fingerprint density at radius 2 is 2.00 bits per heavy atom. The topological polar surface area (TPSA) is 75.3 Å². The number of hydrogen-bond acceptors (Lipinski definition) is 3. The van der Waals surface area contributed by atoms with Gasteiger partial charge in [-0.1, -0.05) is 0 Å². The third-order valence-electron chi connectivity index (χ3n) is 1.53. The summed E-state index contributed by atoms with van der Waals surface area (Å²) in [5.41, 5.74) is 5.09. The van der Waals surface area contributed by atoms with Crippen molar-refractivity contribution in [1.29, 1.82) is 0 Å². The first-order valence-electron chi connectivity index (χ1n) is 3.77. The van der Waals surface area contributed by atoms with Crippen LogP contribution >= 0.6 is 0 Å². The number of phenolic OH excluding ortho intramolecular Hbond substituents is 1. The number of anilines is 2. The Bertz CT molecular complexity index is 390. The van der Waals surface area contributed by atoms with Crippen molar-refractivity contribution in [2.24, 2.45) is 0 Å². The molecule has 82 valence electrons. The lowest BCUT2D eigenvalue weighted by Crippen LogP contribution is -2.29. The highest BCUT2D eigenvalue weighted by molar-refractivity contribution is 5.96. The summed E-state index contributed by atoms with van der Waals surface area (Å²) >= 11 is 0. The van der Waals surface area contributed by atoms with Crippen molar-refractivity contribution in [3.8, 4) is 5.75 Å². The number of rotatable bonds is 1. The van der Waals surface area contributed by atoms with Crippen LogP contribution < -0.4 is 11.1 Å². The quantitative estimate of drug-likeness (QED) is 0.495. The molecule has 0 aliphatic heterocycles. The Morgan fingerprint density at radius 3 is 2.47 bits per heavy atom. The molecule has 4 nitrogen and oxygen atoms in total. The molecule has 1 aromatic rings. The molecule has 7 heteroatoms. The van der Waals surface area contributed by atoms with Gasteiger partial charge < -0.3 is 16.2 Å². The van der Waals surface area contributed by atoms with Crippen LogP contribution in [0.15, 0.2) is 18.2 Å². The monoisotopic (exact) mass is 220 g/mol. The van der Waals surface area contributed by atoms with Gasteiger partial charge in [-0.15, -0.1) is 0 Å². The van der Waals surface area contributed by atoms with E-state index >= 15 is 0 Å². The van der Waals surface area contributed by atoms with E-state index in [-0.39, 0.29) is 11.4 Å². The van der Waals surface area contributed by atoms with Crippen molar-refractivity contribution in [3.05, 3.63) is 18.2 Å². The van der Waals surface area contributed by atoms with Gasteiger partial charge in [0.05, 0.1) is 5.69 Å². The number of carbonyl (C=O) groups excluding carboxylic acids is 1. The van der Waals surface area contributed by atoms with E-state index in [0.717, 1.165) is 12.1 Å². The van der Waals surface area contributed by atoms with Gasteiger partial charge in [0.2, 0.25) is 0 Å². The summed E-state index contributed by atoms with van der Waals surface area (Å²) in [5, 5.41) is 10.7. The SMILES string of the molecule is Nc1ccc(NC(=O)C(F)(F)F)c(O)c1. The molecule has 0 heterocycles. The van der Waals surface area contributed by atoms with Crippen LogP contribution in [0, 0.1) is 0 Å². The van der Waals surface area contributed by atoms with Gasteiger partial charge in [0.1, 0.15) is 5.75 Å². The van der Waals surface area contributed by atoms with Crippen LogP contribution in [0.2, 0.25) is 0 Å². The van der Waals surface area contributed by atoms with Crippen molar-refractivity contribution >= 4 is 17.3 Å². The van der Waals surface area contributed by atoms with E-state index < -0.39 is 17.8 Å². The van der Waals surface area contributed by atoms with E-state index in [1.165, 1.54) is 11.4 Å². The number of hydrogen-bond donors (Lipinski definition) is 3. The van der Waals surface area contributed by atoms with Crippen LogP contribution in [0.5, 0.6) is 5.75 Å². The molecule has 0 aromatic heterocycles. The average Bonchev–Trinajstić information content (AvgIpc) is 2.08. The zero-order valence-electron chi connectivity index (χ0n) is 7.30. The zero-order chi connectivity index (χ0) is 11.6. The van der Waals surface area contributed by atoms with Crippen LogP contribution in [-0.4, -0.2) is 17.2 Å². The van der Waals surface area contributed by atoms with Crippen LogP contribution in [-0.2, 0) is 4.79 Å². The molecule has 0 radical (unpaired) electrons. The van der Waals surface area contributed by atoms with Crippen LogP contribution in [0.4, 0.5) is 24.5 Å². The number of nitrogen functional groups attached to an aromatic ring is 1. The maximum atomic E-state index is 11.8. The number of nitrogens with one attached hydrogen (secondary N) is 1. The van der Waals surface area contributed by atoms with Gasteiger partial charge in [-0.25, -0.2) is 0 Å². The maximum Gasteiger partial charge on any atom is 0.471 e. The number of phenols is 1. The van der Waals surface area contributed by atoms with Gasteiger partial charge >= 0.3 is 12.1 Å². The molecule has 1 amide bonds. The standard InChI is InChI=1S/C8H7F3N2O2/c9-8(10,11)7(15)13-5-2-1-4(12)3-6(5)14/h1-3,14H,12H2,(H,13,15). The third kappa shape index (κ3) is 2.76. The normalized spacial score (nSPS) is 11.1. The third-order valence-corrected chi connectivity index (χ3v) is 1.53. The number of halogens is 3. The van der Waals surface area contributed by atoms with Crippen LogP contribution in [0.25, 0.3) is 0 Å². The van der Waals surface area contributed by atoms with Gasteiger partial charge in [-0.3, -0.25) is 4.79 Å². The lowest BCUT2D eigenvalue weighted by molar-refractivity contribution is -0.167. The molecule has 0 fully saturated rings. The van der Waals surface area contributed by atoms with Crippen LogP contribution in [0.1, 0.15) is 0 Å². The minimum Gasteiger partial charge on any atom is -0.506 e. The summed E-state index contributed by atoms with van der Waals surface area (Å²) in [5.74, 6) is -2.67. The lowest BCUT2D eigenvalue weighted by Gasteiger charge is -2.09. The molecule has 4 N–H and O–H groups in total. The summed E-state index contributed by atoms with van der Waals surface area (Å²) in [6.07, 6.45) is -4.99. The van der Waals surface area contributed by atoms with Crippen molar-refractivity contribution in [1.82, 2.24) is 0 Å². The molecule has 0 saturated carbocycles. The molecular formula is C8H7F3N2O2.